The van der Waals surface area contributed by atoms with E-state index in [9.17, 15) is 29.8 Å². The molecule has 12 nitrogen and oxygen atoms in total. The third kappa shape index (κ3) is 7.41. The lowest BCUT2D eigenvalue weighted by molar-refractivity contribution is -0.385. The molecule has 0 fully saturated rings. The molecule has 0 aliphatic carbocycles. The van der Waals surface area contributed by atoms with Gasteiger partial charge in [-0.3, -0.25) is 29.8 Å². The minimum Gasteiger partial charge on any atom is -0.491 e. The van der Waals surface area contributed by atoms with Crippen molar-refractivity contribution in [3.8, 4) is 11.5 Å². The lowest BCUT2D eigenvalue weighted by atomic mass is 10.2. The SMILES string of the molecule is O=Cc1ccc(OCCOCCOCCOc2ccc(C=O)c([N+](=O)[O-])c2)cc1[N+](=O)[O-]. The van der Waals surface area contributed by atoms with Crippen LogP contribution in [0.2, 0.25) is 0 Å². The fourth-order valence-corrected chi connectivity index (χ4v) is 2.50. The summed E-state index contributed by atoms with van der Waals surface area (Å²) in [5, 5.41) is 21.8. The number of aldehydes is 2. The van der Waals surface area contributed by atoms with Gasteiger partial charge in [0.05, 0.1) is 59.5 Å². The Morgan fingerprint density at radius 3 is 1.38 bits per heavy atom. The molecule has 32 heavy (non-hydrogen) atoms. The molecule has 0 amide bonds. The fraction of sp³-hybridized carbons (Fsp3) is 0.300. The number of nitro benzene ring substituents is 2. The Labute approximate surface area is 181 Å². The van der Waals surface area contributed by atoms with Crippen LogP contribution in [0.1, 0.15) is 20.7 Å². The number of rotatable bonds is 15. The van der Waals surface area contributed by atoms with Crippen molar-refractivity contribution in [1.82, 2.24) is 0 Å². The van der Waals surface area contributed by atoms with E-state index in [1.54, 1.807) is 0 Å². The van der Waals surface area contributed by atoms with Crippen LogP contribution in [0.5, 0.6) is 11.5 Å². The van der Waals surface area contributed by atoms with Gasteiger partial charge < -0.3 is 18.9 Å². The Morgan fingerprint density at radius 2 is 1.03 bits per heavy atom. The Kier molecular flexibility index (Phi) is 9.69. The second-order valence-corrected chi connectivity index (χ2v) is 6.11. The van der Waals surface area contributed by atoms with E-state index in [1.165, 1.54) is 36.4 Å². The van der Waals surface area contributed by atoms with E-state index in [2.05, 4.69) is 0 Å². The van der Waals surface area contributed by atoms with Crippen LogP contribution in [-0.2, 0) is 9.47 Å². The number of hydrogen-bond acceptors (Lipinski definition) is 10. The quantitative estimate of drug-likeness (QED) is 0.172. The lowest BCUT2D eigenvalue weighted by Crippen LogP contribution is -2.13. The van der Waals surface area contributed by atoms with Crippen LogP contribution in [0.25, 0.3) is 0 Å². The van der Waals surface area contributed by atoms with Gasteiger partial charge in [0.25, 0.3) is 11.4 Å². The summed E-state index contributed by atoms with van der Waals surface area (Å²) in [6, 6.07) is 7.89. The lowest BCUT2D eigenvalue weighted by Gasteiger charge is -2.09. The second-order valence-electron chi connectivity index (χ2n) is 6.11. The number of carbonyl (C=O) groups excluding carboxylic acids is 2. The first-order chi connectivity index (χ1) is 15.5. The third-order valence-electron chi connectivity index (χ3n) is 4.02. The molecule has 2 rings (SSSR count). The number of nitrogens with zero attached hydrogens (tertiary/aromatic N) is 2. The summed E-state index contributed by atoms with van der Waals surface area (Å²) >= 11 is 0. The Balaban J connectivity index is 1.58. The van der Waals surface area contributed by atoms with Gasteiger partial charge in [-0.25, -0.2) is 0 Å². The van der Waals surface area contributed by atoms with Crippen molar-refractivity contribution in [2.45, 2.75) is 0 Å². The van der Waals surface area contributed by atoms with Crippen molar-refractivity contribution in [1.29, 1.82) is 0 Å². The van der Waals surface area contributed by atoms with Crippen molar-refractivity contribution in [3.05, 3.63) is 67.8 Å². The van der Waals surface area contributed by atoms with Crippen LogP contribution in [0.3, 0.4) is 0 Å². The molecule has 0 N–H and O–H groups in total. The molecule has 0 saturated heterocycles. The average molecular weight is 448 g/mol. The van der Waals surface area contributed by atoms with Gasteiger partial charge in [-0.15, -0.1) is 0 Å². The summed E-state index contributed by atoms with van der Waals surface area (Å²) in [6.45, 7) is 1.28. The summed E-state index contributed by atoms with van der Waals surface area (Å²) in [5.41, 5.74) is -0.724. The van der Waals surface area contributed by atoms with Gasteiger partial charge in [-0.1, -0.05) is 0 Å². The van der Waals surface area contributed by atoms with Crippen LogP contribution in [-0.4, -0.2) is 62.1 Å². The predicted molar refractivity (Wildman–Crippen MR) is 110 cm³/mol. The van der Waals surface area contributed by atoms with Gasteiger partial charge >= 0.3 is 0 Å². The van der Waals surface area contributed by atoms with E-state index >= 15 is 0 Å². The van der Waals surface area contributed by atoms with E-state index in [4.69, 9.17) is 18.9 Å². The molecule has 0 saturated carbocycles. The van der Waals surface area contributed by atoms with Crippen molar-refractivity contribution in [2.24, 2.45) is 0 Å². The molecule has 2 aromatic carbocycles. The molecular weight excluding hydrogens is 428 g/mol. The van der Waals surface area contributed by atoms with Crippen LogP contribution in [0, 0.1) is 20.2 Å². The van der Waals surface area contributed by atoms with Gasteiger partial charge in [-0.05, 0) is 24.3 Å². The average Bonchev–Trinajstić information content (AvgIpc) is 2.79. The van der Waals surface area contributed by atoms with Crippen molar-refractivity contribution >= 4 is 23.9 Å². The normalized spacial score (nSPS) is 10.4. The van der Waals surface area contributed by atoms with Gasteiger partial charge in [-0.2, -0.15) is 0 Å². The number of ether oxygens (including phenoxy) is 4. The van der Waals surface area contributed by atoms with Crippen LogP contribution < -0.4 is 9.47 Å². The predicted octanol–water partition coefficient (Wildman–Crippen LogP) is 2.62. The molecule has 2 aromatic rings. The van der Waals surface area contributed by atoms with E-state index in [0.29, 0.717) is 12.6 Å². The zero-order valence-corrected chi connectivity index (χ0v) is 16.8. The Morgan fingerprint density at radius 1 is 0.656 bits per heavy atom. The second kappa shape index (κ2) is 12.7. The maximum absolute atomic E-state index is 10.9. The Bertz CT molecular complexity index is 886. The highest BCUT2D eigenvalue weighted by Crippen LogP contribution is 2.24. The zero-order chi connectivity index (χ0) is 23.3. The molecule has 0 atom stereocenters. The molecule has 0 aliphatic heterocycles. The molecule has 0 aromatic heterocycles. The number of nitro groups is 2. The summed E-state index contributed by atoms with van der Waals surface area (Å²) in [4.78, 5) is 42.1. The highest BCUT2D eigenvalue weighted by Gasteiger charge is 2.15. The summed E-state index contributed by atoms with van der Waals surface area (Å²) in [5.74, 6) is 0.501. The van der Waals surface area contributed by atoms with Crippen molar-refractivity contribution in [3.63, 3.8) is 0 Å². The Hall–Kier alpha value is -3.90. The van der Waals surface area contributed by atoms with Gasteiger partial charge in [0.1, 0.15) is 24.7 Å². The molecule has 0 heterocycles. The zero-order valence-electron chi connectivity index (χ0n) is 16.8. The molecule has 12 heteroatoms. The molecule has 0 spiro atoms. The van der Waals surface area contributed by atoms with E-state index in [0.717, 1.165) is 0 Å². The van der Waals surface area contributed by atoms with Crippen molar-refractivity contribution < 1.29 is 38.4 Å². The number of benzene rings is 2. The molecular formula is C20H20N2O10. The monoisotopic (exact) mass is 448 g/mol. The first-order valence-corrected chi connectivity index (χ1v) is 9.34. The third-order valence-corrected chi connectivity index (χ3v) is 4.02. The fourth-order valence-electron chi connectivity index (χ4n) is 2.50. The van der Waals surface area contributed by atoms with Crippen LogP contribution >= 0.6 is 0 Å². The smallest absolute Gasteiger partial charge is 0.283 e. The molecule has 0 unspecified atom stereocenters. The van der Waals surface area contributed by atoms with Gasteiger partial charge in [0.15, 0.2) is 12.6 Å². The summed E-state index contributed by atoms with van der Waals surface area (Å²) in [6.07, 6.45) is 0.812. The maximum Gasteiger partial charge on any atom is 0.283 e. The van der Waals surface area contributed by atoms with Crippen molar-refractivity contribution in [2.75, 3.05) is 39.6 Å². The highest BCUT2D eigenvalue weighted by atomic mass is 16.6. The highest BCUT2D eigenvalue weighted by molar-refractivity contribution is 5.82. The molecule has 0 aliphatic rings. The first-order valence-electron chi connectivity index (χ1n) is 9.34. The molecule has 170 valence electrons. The minimum absolute atomic E-state index is 0.0315. The number of carbonyl (C=O) groups is 2. The number of hydrogen-bond donors (Lipinski definition) is 0. The van der Waals surface area contributed by atoms with E-state index < -0.39 is 9.85 Å². The summed E-state index contributed by atoms with van der Waals surface area (Å²) in [7, 11) is 0. The van der Waals surface area contributed by atoms with Gasteiger partial charge in [0, 0.05) is 0 Å². The summed E-state index contributed by atoms with van der Waals surface area (Å²) < 4.78 is 21.4. The molecule has 0 bridgehead atoms. The van der Waals surface area contributed by atoms with Gasteiger partial charge in [0.2, 0.25) is 0 Å². The van der Waals surface area contributed by atoms with Crippen LogP contribution in [0.4, 0.5) is 11.4 Å². The van der Waals surface area contributed by atoms with E-state index in [-0.39, 0.29) is 73.6 Å². The topological polar surface area (TPSA) is 157 Å². The minimum atomic E-state index is -0.657. The van der Waals surface area contributed by atoms with E-state index in [1.807, 2.05) is 0 Å². The standard InChI is InChI=1S/C20H20N2O10/c23-13-15-1-3-17(11-19(15)21(25)26)31-9-7-29-5-6-30-8-10-32-18-4-2-16(14-24)20(12-18)22(27)28/h1-4,11-14H,5-10H2. The maximum atomic E-state index is 10.9. The molecule has 0 radical (unpaired) electrons. The first kappa shape index (κ1) is 24.4. The largest absolute Gasteiger partial charge is 0.491 e. The van der Waals surface area contributed by atoms with Crippen LogP contribution in [0.15, 0.2) is 36.4 Å².